The van der Waals surface area contributed by atoms with Crippen LogP contribution in [0.3, 0.4) is 0 Å². The molecule has 1 aromatic heterocycles. The summed E-state index contributed by atoms with van der Waals surface area (Å²) in [7, 11) is 0. The maximum atomic E-state index is 10.0. The van der Waals surface area contributed by atoms with Crippen LogP contribution in [0.1, 0.15) is 27.7 Å². The number of rotatable bonds is 3. The maximum Gasteiger partial charge on any atom is 0.148 e. The lowest BCUT2D eigenvalue weighted by Crippen LogP contribution is -2.51. The molecule has 0 aliphatic carbocycles. The third-order valence-electron chi connectivity index (χ3n) is 2.71. The van der Waals surface area contributed by atoms with E-state index in [0.717, 1.165) is 0 Å². The van der Waals surface area contributed by atoms with Gasteiger partial charge in [0, 0.05) is 0 Å². The molecular formula is C10H15BrClN3O. The van der Waals surface area contributed by atoms with E-state index in [1.807, 2.05) is 13.8 Å². The molecule has 0 saturated carbocycles. The van der Waals surface area contributed by atoms with Crippen molar-refractivity contribution in [3.05, 3.63) is 16.0 Å². The minimum absolute atomic E-state index is 0.337. The number of nitrogens with zero attached hydrogens (tertiary/aromatic N) is 2. The predicted octanol–water partition coefficient (Wildman–Crippen LogP) is 2.85. The van der Waals surface area contributed by atoms with Gasteiger partial charge in [-0.2, -0.15) is 0 Å². The summed E-state index contributed by atoms with van der Waals surface area (Å²) in [5.41, 5.74) is -1.45. The van der Waals surface area contributed by atoms with Crippen LogP contribution in [0.2, 0.25) is 5.15 Å². The predicted molar refractivity (Wildman–Crippen MR) is 68.7 cm³/mol. The molecule has 16 heavy (non-hydrogen) atoms. The lowest BCUT2D eigenvalue weighted by Gasteiger charge is -2.38. The van der Waals surface area contributed by atoms with Crippen molar-refractivity contribution >= 4 is 33.3 Å². The molecule has 0 aliphatic heterocycles. The standard InChI is InChI=1S/C10H15BrClN3O/c1-9(2,10(3,4)16)15-8-6(11)7(12)13-5-14-8/h5,16H,1-4H3,(H,13,14,15). The number of hydrogen-bond acceptors (Lipinski definition) is 4. The number of aromatic nitrogens is 2. The monoisotopic (exact) mass is 307 g/mol. The van der Waals surface area contributed by atoms with E-state index < -0.39 is 11.1 Å². The Hall–Kier alpha value is -0.390. The summed E-state index contributed by atoms with van der Waals surface area (Å²) < 4.78 is 0.592. The number of nitrogens with one attached hydrogen (secondary N) is 1. The van der Waals surface area contributed by atoms with Crippen LogP contribution >= 0.6 is 27.5 Å². The van der Waals surface area contributed by atoms with E-state index >= 15 is 0 Å². The van der Waals surface area contributed by atoms with Crippen molar-refractivity contribution in [3.8, 4) is 0 Å². The summed E-state index contributed by atoms with van der Waals surface area (Å²) in [6.45, 7) is 7.23. The number of hydrogen-bond donors (Lipinski definition) is 2. The Morgan fingerprint density at radius 1 is 1.31 bits per heavy atom. The Morgan fingerprint density at radius 3 is 2.38 bits per heavy atom. The molecule has 4 nitrogen and oxygen atoms in total. The fourth-order valence-electron chi connectivity index (χ4n) is 0.884. The van der Waals surface area contributed by atoms with Crippen molar-refractivity contribution < 1.29 is 5.11 Å². The molecule has 0 radical (unpaired) electrons. The zero-order valence-electron chi connectivity index (χ0n) is 9.67. The smallest absolute Gasteiger partial charge is 0.148 e. The van der Waals surface area contributed by atoms with Crippen LogP contribution in [-0.4, -0.2) is 26.2 Å². The first-order chi connectivity index (χ1) is 7.15. The topological polar surface area (TPSA) is 58.0 Å². The molecule has 0 atom stereocenters. The van der Waals surface area contributed by atoms with Gasteiger partial charge in [0.05, 0.1) is 15.6 Å². The third kappa shape index (κ3) is 2.84. The van der Waals surface area contributed by atoms with Crippen LogP contribution in [0.25, 0.3) is 0 Å². The van der Waals surface area contributed by atoms with Gasteiger partial charge in [-0.05, 0) is 43.6 Å². The molecule has 2 N–H and O–H groups in total. The van der Waals surface area contributed by atoms with Gasteiger partial charge in [0.1, 0.15) is 17.3 Å². The van der Waals surface area contributed by atoms with Crippen molar-refractivity contribution in [1.82, 2.24) is 9.97 Å². The molecule has 0 unspecified atom stereocenters. The van der Waals surface area contributed by atoms with Crippen LogP contribution in [0, 0.1) is 0 Å². The summed E-state index contributed by atoms with van der Waals surface area (Å²) in [4.78, 5) is 7.91. The van der Waals surface area contributed by atoms with Crippen LogP contribution in [0.4, 0.5) is 5.82 Å². The van der Waals surface area contributed by atoms with E-state index in [2.05, 4.69) is 31.2 Å². The summed E-state index contributed by atoms with van der Waals surface area (Å²) in [6.07, 6.45) is 1.37. The van der Waals surface area contributed by atoms with Gasteiger partial charge in [0.15, 0.2) is 0 Å². The van der Waals surface area contributed by atoms with Crippen molar-refractivity contribution in [2.75, 3.05) is 5.32 Å². The highest BCUT2D eigenvalue weighted by Crippen LogP contribution is 2.31. The Kier molecular flexibility index (Phi) is 3.82. The van der Waals surface area contributed by atoms with Gasteiger partial charge >= 0.3 is 0 Å². The number of aliphatic hydroxyl groups is 1. The van der Waals surface area contributed by atoms with E-state index in [0.29, 0.717) is 15.4 Å². The second kappa shape index (κ2) is 4.47. The molecule has 1 rings (SSSR count). The molecule has 0 saturated heterocycles. The number of halogens is 2. The molecule has 90 valence electrons. The molecule has 0 aliphatic rings. The highest BCUT2D eigenvalue weighted by Gasteiger charge is 2.35. The molecule has 6 heteroatoms. The van der Waals surface area contributed by atoms with Crippen molar-refractivity contribution in [2.24, 2.45) is 0 Å². The highest BCUT2D eigenvalue weighted by molar-refractivity contribution is 9.10. The summed E-state index contributed by atoms with van der Waals surface area (Å²) in [5.74, 6) is 0.562. The second-order valence-corrected chi connectivity index (χ2v) is 5.79. The zero-order valence-corrected chi connectivity index (χ0v) is 12.0. The van der Waals surface area contributed by atoms with E-state index in [-0.39, 0.29) is 0 Å². The Morgan fingerprint density at radius 2 is 1.88 bits per heavy atom. The first-order valence-electron chi connectivity index (χ1n) is 4.82. The Bertz CT molecular complexity index is 390. The fraction of sp³-hybridized carbons (Fsp3) is 0.600. The summed E-state index contributed by atoms with van der Waals surface area (Å²) in [6, 6.07) is 0. The summed E-state index contributed by atoms with van der Waals surface area (Å²) >= 11 is 9.15. The van der Waals surface area contributed by atoms with Gasteiger partial charge in [0.25, 0.3) is 0 Å². The maximum absolute atomic E-state index is 10.0. The van der Waals surface area contributed by atoms with Gasteiger partial charge < -0.3 is 10.4 Å². The molecule has 0 spiro atoms. The lowest BCUT2D eigenvalue weighted by molar-refractivity contribution is 0.0238. The first-order valence-corrected chi connectivity index (χ1v) is 5.99. The van der Waals surface area contributed by atoms with Gasteiger partial charge in [-0.15, -0.1) is 0 Å². The Balaban J connectivity index is 3.02. The van der Waals surface area contributed by atoms with E-state index in [1.165, 1.54) is 6.33 Å². The lowest BCUT2D eigenvalue weighted by atomic mass is 9.86. The van der Waals surface area contributed by atoms with Gasteiger partial charge in [-0.25, -0.2) is 9.97 Å². The molecule has 0 aromatic carbocycles. The molecule has 0 bridgehead atoms. The van der Waals surface area contributed by atoms with Gasteiger partial charge in [0.2, 0.25) is 0 Å². The van der Waals surface area contributed by atoms with E-state index in [9.17, 15) is 5.11 Å². The molecule has 1 aromatic rings. The number of anilines is 1. The normalized spacial score (nSPS) is 12.7. The van der Waals surface area contributed by atoms with E-state index in [1.54, 1.807) is 13.8 Å². The van der Waals surface area contributed by atoms with Crippen LogP contribution in [-0.2, 0) is 0 Å². The third-order valence-corrected chi connectivity index (χ3v) is 3.97. The van der Waals surface area contributed by atoms with Crippen LogP contribution < -0.4 is 5.32 Å². The van der Waals surface area contributed by atoms with Gasteiger partial charge in [-0.1, -0.05) is 11.6 Å². The first kappa shape index (κ1) is 13.7. The summed E-state index contributed by atoms with van der Waals surface area (Å²) in [5, 5.41) is 13.5. The molecular weight excluding hydrogens is 293 g/mol. The zero-order chi connectivity index (χ0) is 12.6. The molecule has 1 heterocycles. The minimum atomic E-state index is -0.899. The SMILES string of the molecule is CC(C)(O)C(C)(C)Nc1ncnc(Cl)c1Br. The quantitative estimate of drug-likeness (QED) is 0.843. The molecule has 0 amide bonds. The minimum Gasteiger partial charge on any atom is -0.388 e. The van der Waals surface area contributed by atoms with Crippen LogP contribution in [0.5, 0.6) is 0 Å². The van der Waals surface area contributed by atoms with Crippen LogP contribution in [0.15, 0.2) is 10.8 Å². The highest BCUT2D eigenvalue weighted by atomic mass is 79.9. The van der Waals surface area contributed by atoms with Gasteiger partial charge in [-0.3, -0.25) is 0 Å². The van der Waals surface area contributed by atoms with E-state index in [4.69, 9.17) is 11.6 Å². The second-order valence-electron chi connectivity index (χ2n) is 4.64. The van der Waals surface area contributed by atoms with Crippen molar-refractivity contribution in [2.45, 2.75) is 38.8 Å². The van der Waals surface area contributed by atoms with Crippen molar-refractivity contribution in [3.63, 3.8) is 0 Å². The fourth-order valence-corrected chi connectivity index (χ4v) is 1.32. The van der Waals surface area contributed by atoms with Crippen molar-refractivity contribution in [1.29, 1.82) is 0 Å². The average Bonchev–Trinajstić information content (AvgIpc) is 2.11. The average molecular weight is 309 g/mol. The largest absolute Gasteiger partial charge is 0.388 e. The molecule has 0 fully saturated rings. The Labute approximate surface area is 109 Å².